The molecule has 0 aromatic rings. The first kappa shape index (κ1) is 10.2. The van der Waals surface area contributed by atoms with Gasteiger partial charge in [0, 0.05) is 0 Å². The first-order chi connectivity index (χ1) is 3.46. The van der Waals surface area contributed by atoms with Crippen molar-refractivity contribution >= 4 is 0 Å². The van der Waals surface area contributed by atoms with Crippen LogP contribution in [0.15, 0.2) is 0 Å². The van der Waals surface area contributed by atoms with Gasteiger partial charge in [-0.1, -0.05) is 0 Å². The van der Waals surface area contributed by atoms with Gasteiger partial charge in [0.1, 0.15) is 0 Å². The molecule has 0 atom stereocenters. The number of hydrogen-bond donors (Lipinski definition) is 1. The van der Waals surface area contributed by atoms with Gasteiger partial charge in [-0.3, -0.25) is 0 Å². The van der Waals surface area contributed by atoms with Crippen molar-refractivity contribution in [1.29, 1.82) is 0 Å². The fraction of sp³-hybridized carbons (Fsp3) is 1.00. The predicted octanol–water partition coefficient (Wildman–Crippen LogP) is -0.602. The van der Waals surface area contributed by atoms with Crippen molar-refractivity contribution in [2.75, 3.05) is 0 Å². The quantitative estimate of drug-likeness (QED) is 0.343. The highest BCUT2D eigenvalue weighted by molar-refractivity contribution is 4.17. The van der Waals surface area contributed by atoms with Crippen LogP contribution < -0.4 is 5.73 Å². The summed E-state index contributed by atoms with van der Waals surface area (Å²) in [7, 11) is 0. The molecule has 0 bridgehead atoms. The minimum absolute atomic E-state index is 0.583. The normalized spacial score (nSPS) is 7.50. The third-order valence-electron chi connectivity index (χ3n) is 0. The van der Waals surface area contributed by atoms with E-state index in [9.17, 15) is 0 Å². The van der Waals surface area contributed by atoms with Crippen LogP contribution in [0.5, 0.6) is 0 Å². The highest BCUT2D eigenvalue weighted by Crippen LogP contribution is 1.53. The summed E-state index contributed by atoms with van der Waals surface area (Å²) in [4.78, 5) is 8.25. The molecule has 5 heteroatoms. The summed E-state index contributed by atoms with van der Waals surface area (Å²) >= 11 is 0. The van der Waals surface area contributed by atoms with Gasteiger partial charge in [-0.05, 0) is 13.8 Å². The molecule has 0 radical (unpaired) electrons. The highest BCUT2D eigenvalue weighted by Gasteiger charge is 1.72. The number of quaternary nitrogens is 1. The number of nitrogens with zero attached hydrogens (tertiary/aromatic N) is 1. The minimum Gasteiger partial charge on any atom is -0.356 e. The molecule has 0 spiro atoms. The Balaban J connectivity index is 0. The van der Waals surface area contributed by atoms with Gasteiger partial charge in [0.05, 0.1) is 11.1 Å². The maximum atomic E-state index is 8.25. The van der Waals surface area contributed by atoms with Crippen molar-refractivity contribution in [3.05, 3.63) is 15.3 Å². The third-order valence-corrected chi connectivity index (χ3v) is 0. The topological polar surface area (TPSA) is 93.8 Å². The van der Waals surface area contributed by atoms with Gasteiger partial charge < -0.3 is 21.1 Å². The van der Waals surface area contributed by atoms with Crippen molar-refractivity contribution in [1.82, 2.24) is 0 Å². The second kappa shape index (κ2) is 6.16. The predicted molar refractivity (Wildman–Crippen MR) is 28.4 cm³/mol. The first-order valence-electron chi connectivity index (χ1n) is 2.11. The van der Waals surface area contributed by atoms with Gasteiger partial charge in [0.25, 0.3) is 0 Å². The fourth-order valence-electron chi connectivity index (χ4n) is 0. The summed E-state index contributed by atoms with van der Waals surface area (Å²) in [5, 5.41) is 14.8. The summed E-state index contributed by atoms with van der Waals surface area (Å²) < 4.78 is 0. The molecule has 0 aromatic carbocycles. The van der Waals surface area contributed by atoms with E-state index in [2.05, 4.69) is 19.6 Å². The summed E-state index contributed by atoms with van der Waals surface area (Å²) in [6.45, 7) is 4.11. The van der Waals surface area contributed by atoms with Crippen LogP contribution in [-0.4, -0.2) is 11.1 Å². The van der Waals surface area contributed by atoms with E-state index in [0.29, 0.717) is 6.04 Å². The maximum Gasteiger partial charge on any atom is 0.0786 e. The lowest BCUT2D eigenvalue weighted by Crippen LogP contribution is -2.57. The van der Waals surface area contributed by atoms with Crippen LogP contribution in [0.25, 0.3) is 0 Å². The smallest absolute Gasteiger partial charge is 0.0786 e. The summed E-state index contributed by atoms with van der Waals surface area (Å²) in [6.07, 6.45) is 0. The van der Waals surface area contributed by atoms with Gasteiger partial charge in [0.2, 0.25) is 0 Å². The van der Waals surface area contributed by atoms with Crippen LogP contribution >= 0.6 is 0 Å². The molecule has 8 heavy (non-hydrogen) atoms. The van der Waals surface area contributed by atoms with Crippen molar-refractivity contribution in [2.45, 2.75) is 19.9 Å². The second-order valence-electron chi connectivity index (χ2n) is 1.62. The lowest BCUT2D eigenvalue weighted by Gasteiger charge is -1.77. The van der Waals surface area contributed by atoms with E-state index in [4.69, 9.17) is 15.3 Å². The highest BCUT2D eigenvalue weighted by atomic mass is 16.9. The van der Waals surface area contributed by atoms with Gasteiger partial charge in [-0.2, -0.15) is 0 Å². The summed E-state index contributed by atoms with van der Waals surface area (Å²) in [6, 6.07) is 0.583. The van der Waals surface area contributed by atoms with Crippen LogP contribution in [0.1, 0.15) is 13.8 Å². The Bertz CT molecular complexity index is 56.8. The molecule has 50 valence electrons. The zero-order chi connectivity index (χ0) is 7.15. The van der Waals surface area contributed by atoms with Crippen molar-refractivity contribution in [2.24, 2.45) is 0 Å². The van der Waals surface area contributed by atoms with Crippen LogP contribution in [-0.2, 0) is 0 Å². The minimum atomic E-state index is -1.75. The van der Waals surface area contributed by atoms with Crippen LogP contribution in [0.2, 0.25) is 0 Å². The third kappa shape index (κ3) is 127. The molecule has 0 aliphatic carbocycles. The fourth-order valence-corrected chi connectivity index (χ4v) is 0. The molecule has 0 aliphatic heterocycles. The lowest BCUT2D eigenvalue weighted by atomic mass is 10.5. The molecule has 0 rings (SSSR count). The molecule has 0 heterocycles. The second-order valence-corrected chi connectivity index (χ2v) is 1.62. The SMILES string of the molecule is CC(C)[NH3+].O=[N+]([O-])[O-]. The molecular formula is C3H10N2O3. The van der Waals surface area contributed by atoms with Crippen LogP contribution in [0, 0.1) is 15.3 Å². The first-order valence-corrected chi connectivity index (χ1v) is 2.11. The van der Waals surface area contributed by atoms with E-state index in [1.54, 1.807) is 0 Å². The average molecular weight is 122 g/mol. The molecule has 5 nitrogen and oxygen atoms in total. The lowest BCUT2D eigenvalue weighted by molar-refractivity contribution is -0.407. The van der Waals surface area contributed by atoms with Crippen molar-refractivity contribution < 1.29 is 10.8 Å². The van der Waals surface area contributed by atoms with Crippen LogP contribution in [0.4, 0.5) is 0 Å². The standard InChI is InChI=1S/C3H9N.NO3/c1-3(2)4;2-1(3)4/h3H,4H2,1-2H3;/q;-1/p+1. The van der Waals surface area contributed by atoms with E-state index < -0.39 is 5.09 Å². The molecule has 0 aromatic heterocycles. The Hall–Kier alpha value is -0.840. The Labute approximate surface area is 47.2 Å². The molecule has 0 saturated carbocycles. The zero-order valence-electron chi connectivity index (χ0n) is 4.96. The molecule has 0 saturated heterocycles. The zero-order valence-corrected chi connectivity index (χ0v) is 4.96. The Morgan fingerprint density at radius 3 is 1.50 bits per heavy atom. The molecule has 0 unspecified atom stereocenters. The Morgan fingerprint density at radius 1 is 1.50 bits per heavy atom. The monoisotopic (exact) mass is 122 g/mol. The summed E-state index contributed by atoms with van der Waals surface area (Å²) in [5.41, 5.74) is 3.64. The largest absolute Gasteiger partial charge is 0.356 e. The average Bonchev–Trinajstić information content (AvgIpc) is 1.25. The van der Waals surface area contributed by atoms with E-state index in [-0.39, 0.29) is 0 Å². The Morgan fingerprint density at radius 2 is 1.50 bits per heavy atom. The van der Waals surface area contributed by atoms with Crippen molar-refractivity contribution in [3.8, 4) is 0 Å². The molecule has 3 N–H and O–H groups in total. The van der Waals surface area contributed by atoms with E-state index in [0.717, 1.165) is 0 Å². The molecular weight excluding hydrogens is 112 g/mol. The number of hydrogen-bond acceptors (Lipinski definition) is 3. The van der Waals surface area contributed by atoms with E-state index in [1.165, 1.54) is 0 Å². The van der Waals surface area contributed by atoms with Gasteiger partial charge in [-0.25, -0.2) is 0 Å². The van der Waals surface area contributed by atoms with Crippen molar-refractivity contribution in [3.63, 3.8) is 0 Å². The maximum absolute atomic E-state index is 8.25. The Kier molecular flexibility index (Phi) is 7.86. The van der Waals surface area contributed by atoms with Crippen LogP contribution in [0.3, 0.4) is 0 Å². The van der Waals surface area contributed by atoms with E-state index in [1.807, 2.05) is 0 Å². The number of rotatable bonds is 0. The molecule has 0 aliphatic rings. The molecule has 0 amide bonds. The molecule has 0 fully saturated rings. The summed E-state index contributed by atoms with van der Waals surface area (Å²) in [5.74, 6) is 0. The van der Waals surface area contributed by atoms with Gasteiger partial charge in [-0.15, -0.1) is 0 Å². The van der Waals surface area contributed by atoms with E-state index >= 15 is 0 Å². The van der Waals surface area contributed by atoms with Gasteiger partial charge >= 0.3 is 0 Å². The van der Waals surface area contributed by atoms with Gasteiger partial charge in [0.15, 0.2) is 0 Å².